The van der Waals surface area contributed by atoms with Gasteiger partial charge in [-0.05, 0) is 48.6 Å². The lowest BCUT2D eigenvalue weighted by Crippen LogP contribution is -2.48. The number of halogens is 1. The molecule has 0 amide bonds. The molecule has 0 bridgehead atoms. The van der Waals surface area contributed by atoms with E-state index in [1.807, 2.05) is 29.9 Å². The number of aryl methyl sites for hydroxylation is 1. The summed E-state index contributed by atoms with van der Waals surface area (Å²) in [5, 5.41) is 14.2. The minimum absolute atomic E-state index is 0. The topological polar surface area (TPSA) is 58.3 Å². The minimum Gasteiger partial charge on any atom is -0.356 e. The van der Waals surface area contributed by atoms with E-state index in [4.69, 9.17) is 4.99 Å². The van der Waals surface area contributed by atoms with E-state index >= 15 is 0 Å². The zero-order valence-corrected chi connectivity index (χ0v) is 22.2. The zero-order chi connectivity index (χ0) is 21.6. The first-order valence-electron chi connectivity index (χ1n) is 11.1. The first kappa shape index (κ1) is 24.7. The first-order valence-corrected chi connectivity index (χ1v) is 11.9. The number of hydrogen-bond donors (Lipinski definition) is 1. The molecule has 8 heteroatoms. The third kappa shape index (κ3) is 6.10. The fourth-order valence-corrected chi connectivity index (χ4v) is 5.00. The summed E-state index contributed by atoms with van der Waals surface area (Å²) in [5.74, 6) is 3.95. The van der Waals surface area contributed by atoms with Gasteiger partial charge in [0.25, 0.3) is 0 Å². The van der Waals surface area contributed by atoms with Gasteiger partial charge in [-0.25, -0.2) is 4.99 Å². The van der Waals surface area contributed by atoms with Crippen molar-refractivity contribution in [2.75, 3.05) is 19.6 Å². The molecule has 32 heavy (non-hydrogen) atoms. The summed E-state index contributed by atoms with van der Waals surface area (Å²) in [4.78, 5) is 8.77. The molecule has 0 saturated carbocycles. The van der Waals surface area contributed by atoms with Crippen LogP contribution in [-0.2, 0) is 20.0 Å². The molecular weight excluding hydrogens is 531 g/mol. The Morgan fingerprint density at radius 3 is 2.66 bits per heavy atom. The quantitative estimate of drug-likeness (QED) is 0.270. The molecule has 1 N–H and O–H groups in total. The number of hydrogen-bond acceptors (Lipinski definition) is 4. The fourth-order valence-electron chi connectivity index (χ4n) is 4.29. The van der Waals surface area contributed by atoms with Gasteiger partial charge in [-0.1, -0.05) is 43.3 Å². The Bertz CT molecular complexity index is 985. The number of thiophene rings is 1. The second-order valence-corrected chi connectivity index (χ2v) is 9.38. The average molecular weight is 565 g/mol. The molecule has 1 fully saturated rings. The van der Waals surface area contributed by atoms with Gasteiger partial charge in [0.2, 0.25) is 0 Å². The van der Waals surface area contributed by atoms with Crippen molar-refractivity contribution >= 4 is 41.3 Å². The predicted molar refractivity (Wildman–Crippen MR) is 143 cm³/mol. The highest BCUT2D eigenvalue weighted by molar-refractivity contribution is 14.0. The van der Waals surface area contributed by atoms with Crippen LogP contribution in [0.2, 0.25) is 0 Å². The third-order valence-corrected chi connectivity index (χ3v) is 7.16. The molecule has 1 aromatic carbocycles. The second kappa shape index (κ2) is 11.8. The maximum absolute atomic E-state index is 4.95. The molecule has 172 valence electrons. The van der Waals surface area contributed by atoms with Crippen molar-refractivity contribution in [3.8, 4) is 0 Å². The van der Waals surface area contributed by atoms with Crippen LogP contribution in [0, 0.1) is 12.8 Å². The summed E-state index contributed by atoms with van der Waals surface area (Å²) in [6, 6.07) is 15.2. The molecule has 2 aromatic heterocycles. The van der Waals surface area contributed by atoms with Gasteiger partial charge in [0.05, 0.1) is 0 Å². The highest BCUT2D eigenvalue weighted by Crippen LogP contribution is 2.32. The molecule has 1 aliphatic heterocycles. The molecule has 0 aliphatic carbocycles. The van der Waals surface area contributed by atoms with Gasteiger partial charge in [-0.3, -0.25) is 0 Å². The predicted octanol–water partition coefficient (Wildman–Crippen LogP) is 4.62. The van der Waals surface area contributed by atoms with Gasteiger partial charge >= 0.3 is 0 Å². The standard InChI is InChI=1S/C24H32N6S.HI/c1-18-17-30(14-12-22(18)20-8-5-4-6-9-20)24(25-13-11-21-10-7-15-31-21)26-16-23-28-27-19(2)29(23)3;/h4-10,15,18,22H,11-14,16-17H2,1-3H3,(H,25,26);1H. The maximum atomic E-state index is 4.95. The Morgan fingerprint density at radius 1 is 1.19 bits per heavy atom. The van der Waals surface area contributed by atoms with Crippen molar-refractivity contribution < 1.29 is 0 Å². The van der Waals surface area contributed by atoms with Gasteiger partial charge in [0, 0.05) is 31.6 Å². The van der Waals surface area contributed by atoms with E-state index in [-0.39, 0.29) is 24.0 Å². The van der Waals surface area contributed by atoms with Crippen LogP contribution in [0.4, 0.5) is 0 Å². The third-order valence-electron chi connectivity index (χ3n) is 6.22. The summed E-state index contributed by atoms with van der Waals surface area (Å²) in [5.41, 5.74) is 1.45. The highest BCUT2D eigenvalue weighted by atomic mass is 127. The first-order chi connectivity index (χ1) is 15.1. The van der Waals surface area contributed by atoms with Crippen LogP contribution in [0.5, 0.6) is 0 Å². The number of benzene rings is 1. The molecule has 1 saturated heterocycles. The van der Waals surface area contributed by atoms with Gasteiger partial charge in [-0.2, -0.15) is 0 Å². The van der Waals surface area contributed by atoms with Crippen LogP contribution in [0.15, 0.2) is 52.8 Å². The number of piperidine rings is 1. The Morgan fingerprint density at radius 2 is 2.00 bits per heavy atom. The number of guanidine groups is 1. The molecule has 1 aliphatic rings. The highest BCUT2D eigenvalue weighted by Gasteiger charge is 2.28. The lowest BCUT2D eigenvalue weighted by atomic mass is 9.82. The molecule has 3 heterocycles. The fraction of sp³-hybridized carbons (Fsp3) is 0.458. The monoisotopic (exact) mass is 564 g/mol. The van der Waals surface area contributed by atoms with Crippen molar-refractivity contribution in [2.24, 2.45) is 18.0 Å². The second-order valence-electron chi connectivity index (χ2n) is 8.35. The van der Waals surface area contributed by atoms with E-state index in [1.165, 1.54) is 10.4 Å². The number of aromatic nitrogens is 3. The van der Waals surface area contributed by atoms with Crippen molar-refractivity contribution in [1.29, 1.82) is 0 Å². The zero-order valence-electron chi connectivity index (χ0n) is 19.1. The van der Waals surface area contributed by atoms with Crippen LogP contribution in [-0.4, -0.2) is 45.3 Å². The summed E-state index contributed by atoms with van der Waals surface area (Å²) >= 11 is 1.81. The summed E-state index contributed by atoms with van der Waals surface area (Å²) in [6.45, 7) is 7.75. The lowest BCUT2D eigenvalue weighted by molar-refractivity contribution is 0.234. The molecule has 6 nitrogen and oxygen atoms in total. The number of likely N-dealkylation sites (tertiary alicyclic amines) is 1. The van der Waals surface area contributed by atoms with Crippen LogP contribution in [0.3, 0.4) is 0 Å². The smallest absolute Gasteiger partial charge is 0.194 e. The normalized spacial score (nSPS) is 19.0. The van der Waals surface area contributed by atoms with E-state index < -0.39 is 0 Å². The molecule has 4 rings (SSSR count). The molecule has 0 spiro atoms. The average Bonchev–Trinajstić information content (AvgIpc) is 3.42. The van der Waals surface area contributed by atoms with Gasteiger partial charge in [-0.15, -0.1) is 45.5 Å². The van der Waals surface area contributed by atoms with Crippen molar-refractivity contribution in [3.63, 3.8) is 0 Å². The minimum atomic E-state index is 0. The molecule has 0 radical (unpaired) electrons. The van der Waals surface area contributed by atoms with Crippen molar-refractivity contribution in [1.82, 2.24) is 25.0 Å². The Balaban J connectivity index is 0.00000289. The molecule has 3 aromatic rings. The molecule has 2 atom stereocenters. The number of nitrogens with zero attached hydrogens (tertiary/aromatic N) is 5. The van der Waals surface area contributed by atoms with E-state index in [2.05, 4.69) is 75.2 Å². The van der Waals surface area contributed by atoms with Crippen LogP contribution in [0.25, 0.3) is 0 Å². The Labute approximate surface area is 212 Å². The van der Waals surface area contributed by atoms with E-state index in [0.717, 1.165) is 50.1 Å². The lowest BCUT2D eigenvalue weighted by Gasteiger charge is -2.39. The van der Waals surface area contributed by atoms with Crippen LogP contribution < -0.4 is 5.32 Å². The Kier molecular flexibility index (Phi) is 9.10. The van der Waals surface area contributed by atoms with Gasteiger partial charge in [0.1, 0.15) is 12.4 Å². The van der Waals surface area contributed by atoms with Crippen molar-refractivity contribution in [3.05, 3.63) is 69.9 Å². The number of nitrogens with one attached hydrogen (secondary N) is 1. The van der Waals surface area contributed by atoms with E-state index in [1.54, 1.807) is 0 Å². The van der Waals surface area contributed by atoms with Crippen molar-refractivity contribution in [2.45, 2.75) is 39.2 Å². The summed E-state index contributed by atoms with van der Waals surface area (Å²) in [6.07, 6.45) is 2.15. The van der Waals surface area contributed by atoms with Crippen LogP contribution >= 0.6 is 35.3 Å². The van der Waals surface area contributed by atoms with E-state index in [9.17, 15) is 0 Å². The largest absolute Gasteiger partial charge is 0.356 e. The van der Waals surface area contributed by atoms with Gasteiger partial charge in [0.15, 0.2) is 11.8 Å². The van der Waals surface area contributed by atoms with Gasteiger partial charge < -0.3 is 14.8 Å². The summed E-state index contributed by atoms with van der Waals surface area (Å²) < 4.78 is 2.01. The number of rotatable bonds is 6. The SMILES string of the molecule is Cc1nnc(CN=C(NCCc2cccs2)N2CCC(c3ccccc3)C(C)C2)n1C.I. The molecular formula is C24H33IN6S. The maximum Gasteiger partial charge on any atom is 0.194 e. The Hall–Kier alpha value is -1.94. The van der Waals surface area contributed by atoms with Crippen LogP contribution in [0.1, 0.15) is 41.4 Å². The molecule has 2 unspecified atom stereocenters. The van der Waals surface area contributed by atoms with E-state index in [0.29, 0.717) is 18.4 Å². The number of aliphatic imine (C=N–C) groups is 1. The summed E-state index contributed by atoms with van der Waals surface area (Å²) in [7, 11) is 2.00.